The number of aromatic amines is 1. The van der Waals surface area contributed by atoms with Gasteiger partial charge in [-0.25, -0.2) is 22.3 Å². The molecule has 5 aromatic rings. The molecule has 3 N–H and O–H groups in total. The van der Waals surface area contributed by atoms with Crippen LogP contribution in [0.5, 0.6) is 0 Å². The largest absolute Gasteiger partial charge is 0.372 e. The number of pyridine rings is 1. The third kappa shape index (κ3) is 8.58. The molecule has 6 heterocycles. The molecule has 0 aliphatic carbocycles. The first-order valence-corrected chi connectivity index (χ1v) is 23.2. The number of rotatable bonds is 12. The van der Waals surface area contributed by atoms with E-state index in [9.17, 15) is 23.4 Å². The molecule has 3 fully saturated rings. The SMILES string of the molecule is CC(C)N(C)S(=O)Nc1ccc(F)c(C(=O)c2c[nH]c3ncc(-c4ccc(N5CCC(CN6CCC(c7ccc8c(c7)CN([C@H]7CCC(=O)NC7=O)C8=O)CC6)CC5)cc4)cc23)c1F. The minimum absolute atomic E-state index is 0.0722. The number of likely N-dealkylation sites (tertiary alicyclic amines) is 1. The fourth-order valence-electron chi connectivity index (χ4n) is 9.58. The zero-order valence-electron chi connectivity index (χ0n) is 36.2. The summed E-state index contributed by atoms with van der Waals surface area (Å²) in [4.78, 5) is 65.1. The summed E-state index contributed by atoms with van der Waals surface area (Å²) in [5.41, 5.74) is 5.13. The molecule has 334 valence electrons. The number of ketones is 1. The van der Waals surface area contributed by atoms with Gasteiger partial charge in [0, 0.05) is 85.8 Å². The predicted octanol–water partition coefficient (Wildman–Crippen LogP) is 6.93. The quantitative estimate of drug-likeness (QED) is 0.0903. The van der Waals surface area contributed by atoms with Gasteiger partial charge < -0.3 is 19.7 Å². The van der Waals surface area contributed by atoms with Gasteiger partial charge in [-0.2, -0.15) is 0 Å². The number of aromatic nitrogens is 2. The van der Waals surface area contributed by atoms with E-state index >= 15 is 8.78 Å². The first-order chi connectivity index (χ1) is 30.8. The number of hydrogen-bond donors (Lipinski definition) is 3. The van der Waals surface area contributed by atoms with Crippen LogP contribution in [0.2, 0.25) is 0 Å². The molecular weight excluding hydrogens is 839 g/mol. The minimum atomic E-state index is -1.81. The van der Waals surface area contributed by atoms with Crippen LogP contribution in [0.4, 0.5) is 20.2 Å². The maximum atomic E-state index is 15.7. The van der Waals surface area contributed by atoms with Crippen LogP contribution in [0.1, 0.15) is 95.7 Å². The number of fused-ring (bicyclic) bond motifs is 2. The van der Waals surface area contributed by atoms with E-state index < -0.39 is 40.2 Å². The zero-order chi connectivity index (χ0) is 44.8. The number of carbonyl (C=O) groups is 4. The van der Waals surface area contributed by atoms with Gasteiger partial charge in [-0.1, -0.05) is 24.3 Å². The Kier molecular flexibility index (Phi) is 12.2. The van der Waals surface area contributed by atoms with E-state index in [0.29, 0.717) is 41.4 Å². The number of halogens is 2. The fraction of sp³-hybridized carbons (Fsp3) is 0.396. The number of benzene rings is 3. The van der Waals surface area contributed by atoms with Crippen molar-refractivity contribution in [1.82, 2.24) is 29.4 Å². The van der Waals surface area contributed by atoms with E-state index in [2.05, 4.69) is 54.1 Å². The van der Waals surface area contributed by atoms with Crippen LogP contribution in [-0.4, -0.2) is 104 Å². The number of imide groups is 1. The normalized spacial score (nSPS) is 19.5. The summed E-state index contributed by atoms with van der Waals surface area (Å²) in [6.45, 7) is 9.11. The standard InChI is InChI=1S/C48H52F2N8O5S/c1-28(2)55(3)64(63)54-40-11-10-39(49)43(44(40)50)45(60)38-25-52-46-37(38)23-33(24-51-46)30-4-7-35(8-5-30)57-20-14-29(15-21-57)26-56-18-16-31(17-19-56)32-6-9-36-34(22-32)27-58(48(36)62)41-12-13-42(59)53-47(41)61/h4-11,22-25,28-29,31,41,54H,12-21,26-27H2,1-3H3,(H,51,52)(H,53,59,61)/t41-,64?/m0/s1. The third-order valence-corrected chi connectivity index (χ3v) is 14.9. The predicted molar refractivity (Wildman–Crippen MR) is 242 cm³/mol. The molecule has 3 amide bonds. The van der Waals surface area contributed by atoms with E-state index in [1.165, 1.54) is 16.1 Å². The second kappa shape index (κ2) is 18.0. The number of H-pyrrole nitrogens is 1. The lowest BCUT2D eigenvalue weighted by Crippen LogP contribution is -2.52. The molecule has 4 aliphatic rings. The smallest absolute Gasteiger partial charge is 0.255 e. The number of anilines is 2. The number of nitrogens with one attached hydrogen (secondary N) is 3. The van der Waals surface area contributed by atoms with E-state index in [4.69, 9.17) is 0 Å². The van der Waals surface area contributed by atoms with Crippen LogP contribution < -0.4 is 14.9 Å². The molecule has 0 spiro atoms. The van der Waals surface area contributed by atoms with Crippen molar-refractivity contribution in [2.45, 2.75) is 76.9 Å². The highest BCUT2D eigenvalue weighted by Gasteiger charge is 2.39. The summed E-state index contributed by atoms with van der Waals surface area (Å²) < 4.78 is 47.5. The van der Waals surface area contributed by atoms with Gasteiger partial charge >= 0.3 is 0 Å². The summed E-state index contributed by atoms with van der Waals surface area (Å²) in [6, 6.07) is 17.6. The number of piperidine rings is 3. The number of amides is 3. The van der Waals surface area contributed by atoms with Crippen molar-refractivity contribution in [2.75, 3.05) is 49.4 Å². The molecular formula is C48H52F2N8O5S. The first-order valence-electron chi connectivity index (χ1n) is 22.1. The van der Waals surface area contributed by atoms with Crippen LogP contribution in [0.3, 0.4) is 0 Å². The number of nitrogens with zero attached hydrogens (tertiary/aromatic N) is 5. The van der Waals surface area contributed by atoms with Gasteiger partial charge in [0.05, 0.1) is 11.3 Å². The van der Waals surface area contributed by atoms with Crippen molar-refractivity contribution < 1.29 is 32.2 Å². The lowest BCUT2D eigenvalue weighted by molar-refractivity contribution is -0.136. The highest BCUT2D eigenvalue weighted by atomic mass is 32.2. The molecule has 16 heteroatoms. The van der Waals surface area contributed by atoms with E-state index in [0.717, 1.165) is 92.9 Å². The Balaban J connectivity index is 0.779. The monoisotopic (exact) mass is 890 g/mol. The van der Waals surface area contributed by atoms with Crippen molar-refractivity contribution in [2.24, 2.45) is 5.92 Å². The van der Waals surface area contributed by atoms with Crippen molar-refractivity contribution in [3.05, 3.63) is 113 Å². The maximum Gasteiger partial charge on any atom is 0.255 e. The van der Waals surface area contributed by atoms with E-state index in [1.807, 2.05) is 32.0 Å². The van der Waals surface area contributed by atoms with Gasteiger partial charge in [0.25, 0.3) is 5.91 Å². The van der Waals surface area contributed by atoms with Crippen LogP contribution in [0.25, 0.3) is 22.2 Å². The Morgan fingerprint density at radius 2 is 1.69 bits per heavy atom. The van der Waals surface area contributed by atoms with Gasteiger partial charge in [0.2, 0.25) is 17.6 Å². The molecule has 9 rings (SSSR count). The average molecular weight is 891 g/mol. The Morgan fingerprint density at radius 1 is 0.938 bits per heavy atom. The van der Waals surface area contributed by atoms with Crippen molar-refractivity contribution in [3.63, 3.8) is 0 Å². The molecule has 2 aromatic heterocycles. The van der Waals surface area contributed by atoms with Crippen LogP contribution in [-0.2, 0) is 27.3 Å². The van der Waals surface area contributed by atoms with Gasteiger partial charge in [-0.05, 0) is 124 Å². The Labute approximate surface area is 373 Å². The van der Waals surface area contributed by atoms with Crippen LogP contribution >= 0.6 is 0 Å². The number of carbonyl (C=O) groups excluding carboxylic acids is 4. The summed E-state index contributed by atoms with van der Waals surface area (Å²) >= 11 is -1.81. The highest BCUT2D eigenvalue weighted by molar-refractivity contribution is 7.84. The summed E-state index contributed by atoms with van der Waals surface area (Å²) in [6.07, 6.45) is 8.03. The molecule has 1 unspecified atom stereocenters. The maximum absolute atomic E-state index is 15.7. The Bertz CT molecular complexity index is 2660. The molecule has 3 aromatic carbocycles. The van der Waals surface area contributed by atoms with Crippen LogP contribution in [0.15, 0.2) is 73.1 Å². The molecule has 0 bridgehead atoms. The fourth-order valence-corrected chi connectivity index (χ4v) is 10.5. The van der Waals surface area contributed by atoms with E-state index in [1.54, 1.807) is 24.2 Å². The van der Waals surface area contributed by atoms with Gasteiger partial charge in [-0.3, -0.25) is 29.2 Å². The van der Waals surface area contributed by atoms with Gasteiger partial charge in [0.1, 0.15) is 17.5 Å². The Morgan fingerprint density at radius 3 is 2.41 bits per heavy atom. The second-order valence-electron chi connectivity index (χ2n) is 17.8. The summed E-state index contributed by atoms with van der Waals surface area (Å²) in [5.74, 6) is -2.77. The first kappa shape index (κ1) is 43.4. The molecule has 64 heavy (non-hydrogen) atoms. The van der Waals surface area contributed by atoms with Crippen LogP contribution in [0, 0.1) is 17.6 Å². The lowest BCUT2D eigenvalue weighted by Gasteiger charge is -2.38. The summed E-state index contributed by atoms with van der Waals surface area (Å²) in [7, 11) is 1.61. The number of hydrogen-bond acceptors (Lipinski definition) is 8. The molecule has 4 aliphatic heterocycles. The summed E-state index contributed by atoms with van der Waals surface area (Å²) in [5, 5.41) is 2.81. The second-order valence-corrected chi connectivity index (χ2v) is 19.1. The molecule has 0 radical (unpaired) electrons. The minimum Gasteiger partial charge on any atom is -0.372 e. The van der Waals surface area contributed by atoms with Gasteiger partial charge in [0.15, 0.2) is 17.0 Å². The average Bonchev–Trinajstić information content (AvgIpc) is 3.87. The van der Waals surface area contributed by atoms with Gasteiger partial charge in [-0.15, -0.1) is 0 Å². The van der Waals surface area contributed by atoms with E-state index in [-0.39, 0.29) is 41.4 Å². The van der Waals surface area contributed by atoms with Crippen molar-refractivity contribution in [3.8, 4) is 11.1 Å². The lowest BCUT2D eigenvalue weighted by atomic mass is 9.87. The van der Waals surface area contributed by atoms with Crippen molar-refractivity contribution in [1.29, 1.82) is 0 Å². The third-order valence-electron chi connectivity index (χ3n) is 13.6. The molecule has 2 atom stereocenters. The Hall–Kier alpha value is -5.84. The molecule has 0 saturated carbocycles. The molecule has 3 saturated heterocycles. The highest BCUT2D eigenvalue weighted by Crippen LogP contribution is 2.36. The van der Waals surface area contributed by atoms with Crippen molar-refractivity contribution >= 4 is 57.1 Å². The molecule has 13 nitrogen and oxygen atoms in total. The zero-order valence-corrected chi connectivity index (χ0v) is 37.0. The topological polar surface area (TPSA) is 151 Å².